The summed E-state index contributed by atoms with van der Waals surface area (Å²) >= 11 is 7.12. The van der Waals surface area contributed by atoms with Crippen molar-refractivity contribution in [2.24, 2.45) is 5.11 Å². The second-order valence-electron chi connectivity index (χ2n) is 7.95. The van der Waals surface area contributed by atoms with E-state index < -0.39 is 47.7 Å². The monoisotopic (exact) mass is 541 g/mol. The summed E-state index contributed by atoms with van der Waals surface area (Å²) in [6.45, 7) is 4.33. The molecule has 0 aromatic carbocycles. The molecule has 5 atom stereocenters. The molecule has 2 aliphatic heterocycles. The Balaban J connectivity index is 2.01. The number of aromatic nitrogens is 1. The molecule has 0 bridgehead atoms. The van der Waals surface area contributed by atoms with E-state index >= 15 is 0 Å². The quantitative estimate of drug-likeness (QED) is 0.156. The van der Waals surface area contributed by atoms with Crippen LogP contribution in [-0.2, 0) is 33.3 Å². The number of amides is 1. The van der Waals surface area contributed by atoms with Crippen LogP contribution in [0, 0.1) is 0 Å². The van der Waals surface area contributed by atoms with Crippen molar-refractivity contribution in [2.75, 3.05) is 19.7 Å². The number of ether oxygens (including phenoxy) is 4. The first-order valence-corrected chi connectivity index (χ1v) is 12.2. The molecule has 1 amide bonds. The number of carbonyl (C=O) groups is 4. The summed E-state index contributed by atoms with van der Waals surface area (Å²) in [4.78, 5) is 57.1. The Labute approximate surface area is 215 Å². The third kappa shape index (κ3) is 6.78. The largest absolute Gasteiger partial charge is 0.463 e. The fraction of sp³-hybridized carbons (Fsp3) is 0.571. The molecule has 194 valence electrons. The summed E-state index contributed by atoms with van der Waals surface area (Å²) in [5.74, 6) is -2.36. The molecule has 36 heavy (non-hydrogen) atoms. The van der Waals surface area contributed by atoms with Crippen LogP contribution in [-0.4, -0.2) is 83.2 Å². The average molecular weight is 542 g/mol. The lowest BCUT2D eigenvalue weighted by Gasteiger charge is -2.43. The zero-order valence-electron chi connectivity index (χ0n) is 19.7. The molecule has 2 saturated heterocycles. The lowest BCUT2D eigenvalue weighted by molar-refractivity contribution is -0.201. The van der Waals surface area contributed by atoms with E-state index in [1.54, 1.807) is 4.90 Å². The maximum absolute atomic E-state index is 12.9. The summed E-state index contributed by atoms with van der Waals surface area (Å²) < 4.78 is 21.9. The number of pyridine rings is 1. The molecular formula is C21H24ClN5O8S. The van der Waals surface area contributed by atoms with Crippen molar-refractivity contribution >= 4 is 47.2 Å². The Morgan fingerprint density at radius 2 is 1.86 bits per heavy atom. The Kier molecular flexibility index (Phi) is 9.37. The molecule has 0 spiro atoms. The number of hydrogen-bond acceptors (Lipinski definition) is 11. The van der Waals surface area contributed by atoms with Gasteiger partial charge in [0.1, 0.15) is 42.1 Å². The molecule has 2 fully saturated rings. The van der Waals surface area contributed by atoms with Gasteiger partial charge in [-0.05, 0) is 18.0 Å². The van der Waals surface area contributed by atoms with Gasteiger partial charge in [0.05, 0.1) is 5.02 Å². The highest BCUT2D eigenvalue weighted by atomic mass is 35.5. The van der Waals surface area contributed by atoms with Crippen LogP contribution < -0.4 is 0 Å². The fourth-order valence-electron chi connectivity index (χ4n) is 3.63. The first-order valence-electron chi connectivity index (χ1n) is 10.9. The van der Waals surface area contributed by atoms with Crippen LogP contribution in [0.2, 0.25) is 5.02 Å². The predicted octanol–water partition coefficient (Wildman–Crippen LogP) is 2.50. The van der Waals surface area contributed by atoms with Gasteiger partial charge >= 0.3 is 17.9 Å². The number of esters is 3. The molecule has 1 aromatic rings. The molecular weight excluding hydrogens is 518 g/mol. The SMILES string of the molecule is CC(=O)OCC1O[C@H](Sc2cc(Cl)cnc2C(=O)N2CCC2)[C@@H](OC(C)=O)C(N=[N+]=[N-])[C@H]1OC(C)=O. The Morgan fingerprint density at radius 3 is 2.42 bits per heavy atom. The minimum atomic E-state index is -1.24. The van der Waals surface area contributed by atoms with Gasteiger partial charge in [-0.2, -0.15) is 0 Å². The second-order valence-corrected chi connectivity index (χ2v) is 9.53. The normalized spacial score (nSPS) is 25.1. The zero-order chi connectivity index (χ0) is 26.4. The van der Waals surface area contributed by atoms with Crippen molar-refractivity contribution in [1.29, 1.82) is 0 Å². The third-order valence-electron chi connectivity index (χ3n) is 5.27. The van der Waals surface area contributed by atoms with Gasteiger partial charge in [0.15, 0.2) is 0 Å². The molecule has 0 aliphatic carbocycles. The molecule has 15 heteroatoms. The van der Waals surface area contributed by atoms with Gasteiger partial charge in [-0.1, -0.05) is 28.5 Å². The lowest BCUT2D eigenvalue weighted by atomic mass is 9.97. The molecule has 3 rings (SSSR count). The molecule has 0 saturated carbocycles. The molecule has 0 radical (unpaired) electrons. The van der Waals surface area contributed by atoms with Crippen molar-refractivity contribution in [3.05, 3.63) is 33.4 Å². The molecule has 2 aliphatic rings. The summed E-state index contributed by atoms with van der Waals surface area (Å²) in [6.07, 6.45) is -1.34. The summed E-state index contributed by atoms with van der Waals surface area (Å²) in [5, 5.41) is 3.97. The van der Waals surface area contributed by atoms with Gasteiger partial charge in [-0.3, -0.25) is 19.2 Å². The first kappa shape index (κ1) is 27.5. The van der Waals surface area contributed by atoms with E-state index in [9.17, 15) is 24.7 Å². The van der Waals surface area contributed by atoms with E-state index in [2.05, 4.69) is 15.0 Å². The summed E-state index contributed by atoms with van der Waals surface area (Å²) in [7, 11) is 0. The minimum absolute atomic E-state index is 0.119. The van der Waals surface area contributed by atoms with Crippen LogP contribution in [0.5, 0.6) is 0 Å². The van der Waals surface area contributed by atoms with Crippen molar-refractivity contribution < 1.29 is 38.1 Å². The van der Waals surface area contributed by atoms with E-state index in [1.807, 2.05) is 0 Å². The number of hydrogen-bond donors (Lipinski definition) is 0. The molecule has 3 heterocycles. The predicted molar refractivity (Wildman–Crippen MR) is 125 cm³/mol. The second kappa shape index (κ2) is 12.3. The number of rotatable bonds is 8. The number of azide groups is 1. The van der Waals surface area contributed by atoms with Crippen LogP contribution in [0.4, 0.5) is 0 Å². The molecule has 1 aromatic heterocycles. The highest BCUT2D eigenvalue weighted by Gasteiger charge is 2.50. The smallest absolute Gasteiger partial charge is 0.303 e. The number of thioether (sulfide) groups is 1. The average Bonchev–Trinajstić information content (AvgIpc) is 2.74. The van der Waals surface area contributed by atoms with E-state index in [1.165, 1.54) is 19.2 Å². The highest BCUT2D eigenvalue weighted by Crippen LogP contribution is 2.39. The van der Waals surface area contributed by atoms with Crippen LogP contribution in [0.25, 0.3) is 10.4 Å². The van der Waals surface area contributed by atoms with Gasteiger partial charge < -0.3 is 23.8 Å². The first-order chi connectivity index (χ1) is 17.1. The Morgan fingerprint density at radius 1 is 1.19 bits per heavy atom. The number of nitrogens with zero attached hydrogens (tertiary/aromatic N) is 5. The van der Waals surface area contributed by atoms with E-state index in [0.29, 0.717) is 18.0 Å². The topological polar surface area (TPSA) is 170 Å². The van der Waals surface area contributed by atoms with E-state index in [4.69, 9.17) is 30.5 Å². The molecule has 0 N–H and O–H groups in total. The lowest BCUT2D eigenvalue weighted by Crippen LogP contribution is -2.59. The van der Waals surface area contributed by atoms with Crippen molar-refractivity contribution in [3.8, 4) is 0 Å². The van der Waals surface area contributed by atoms with Gasteiger partial charge in [-0.25, -0.2) is 4.98 Å². The van der Waals surface area contributed by atoms with E-state index in [-0.39, 0.29) is 23.2 Å². The Hall–Kier alpha value is -3.06. The maximum Gasteiger partial charge on any atom is 0.303 e. The molecule has 13 nitrogen and oxygen atoms in total. The van der Waals surface area contributed by atoms with Crippen molar-refractivity contribution in [2.45, 2.75) is 61.9 Å². The van der Waals surface area contributed by atoms with Crippen LogP contribution in [0.3, 0.4) is 0 Å². The third-order valence-corrected chi connectivity index (χ3v) is 6.65. The zero-order valence-corrected chi connectivity index (χ0v) is 21.2. The minimum Gasteiger partial charge on any atom is -0.463 e. The standard InChI is InChI=1S/C21H24ClN5O8S/c1-10(28)32-9-14-18(33-11(2)29)17(25-26-23)19(34-12(3)30)21(35-14)36-15-7-13(22)8-24-16(15)20(31)27-5-4-6-27/h7-8,14,17-19,21H,4-6,9H2,1-3H3/t14?,17?,18-,19-,21+/m0/s1. The van der Waals surface area contributed by atoms with Gasteiger partial charge in [0, 0.05) is 49.9 Å². The van der Waals surface area contributed by atoms with Crippen molar-refractivity contribution in [1.82, 2.24) is 9.88 Å². The number of halogens is 1. The summed E-state index contributed by atoms with van der Waals surface area (Å²) in [5.41, 5.74) is 8.25. The summed E-state index contributed by atoms with van der Waals surface area (Å²) in [6, 6.07) is 0.277. The van der Waals surface area contributed by atoms with Crippen LogP contribution in [0.1, 0.15) is 37.7 Å². The van der Waals surface area contributed by atoms with Gasteiger partial charge in [0.25, 0.3) is 5.91 Å². The van der Waals surface area contributed by atoms with Crippen LogP contribution >= 0.6 is 23.4 Å². The van der Waals surface area contributed by atoms with Crippen LogP contribution in [0.15, 0.2) is 22.3 Å². The fourth-order valence-corrected chi connectivity index (χ4v) is 5.10. The highest BCUT2D eigenvalue weighted by molar-refractivity contribution is 8.00. The molecule has 2 unspecified atom stereocenters. The Bertz CT molecular complexity index is 1080. The van der Waals surface area contributed by atoms with Gasteiger partial charge in [0.2, 0.25) is 0 Å². The number of likely N-dealkylation sites (tertiary alicyclic amines) is 1. The van der Waals surface area contributed by atoms with Gasteiger partial charge in [-0.15, -0.1) is 0 Å². The van der Waals surface area contributed by atoms with E-state index in [0.717, 1.165) is 32.0 Å². The maximum atomic E-state index is 12.9. The number of carbonyl (C=O) groups excluding carboxylic acids is 4. The van der Waals surface area contributed by atoms with Crippen molar-refractivity contribution in [3.63, 3.8) is 0 Å².